The van der Waals surface area contributed by atoms with E-state index in [4.69, 9.17) is 16.3 Å². The van der Waals surface area contributed by atoms with Crippen LogP contribution in [0.2, 0.25) is 5.02 Å². The third-order valence-corrected chi connectivity index (χ3v) is 6.79. The number of morpholine rings is 1. The second kappa shape index (κ2) is 9.95. The summed E-state index contributed by atoms with van der Waals surface area (Å²) < 4.78 is 7.31. The molecule has 1 saturated heterocycles. The fourth-order valence-corrected chi connectivity index (χ4v) is 4.88. The van der Waals surface area contributed by atoms with Crippen LogP contribution in [0.25, 0.3) is 16.3 Å². The van der Waals surface area contributed by atoms with E-state index in [0.29, 0.717) is 41.4 Å². The van der Waals surface area contributed by atoms with Gasteiger partial charge in [0, 0.05) is 53.7 Å². The van der Waals surface area contributed by atoms with Crippen molar-refractivity contribution >= 4 is 33.8 Å². The Balaban J connectivity index is 1.47. The largest absolute Gasteiger partial charge is 0.387 e. The van der Waals surface area contributed by atoms with Crippen LogP contribution in [0.15, 0.2) is 53.5 Å². The molecule has 2 aromatic carbocycles. The van der Waals surface area contributed by atoms with Crippen LogP contribution in [-0.2, 0) is 29.0 Å². The van der Waals surface area contributed by atoms with Crippen molar-refractivity contribution in [3.8, 4) is 0 Å². The first kappa shape index (κ1) is 23.8. The Hall–Kier alpha value is -2.97. The maximum Gasteiger partial charge on any atom is 0.224 e. The van der Waals surface area contributed by atoms with Crippen molar-refractivity contribution in [1.29, 1.82) is 0 Å². The molecule has 182 valence electrons. The van der Waals surface area contributed by atoms with Gasteiger partial charge >= 0.3 is 0 Å². The average Bonchev–Trinajstić information content (AvgIpc) is 3.21. The monoisotopic (exact) mass is 493 g/mol. The van der Waals surface area contributed by atoms with Gasteiger partial charge in [0.1, 0.15) is 0 Å². The third-order valence-electron chi connectivity index (χ3n) is 6.53. The minimum absolute atomic E-state index is 0.0432. The Morgan fingerprint density at radius 1 is 1.14 bits per heavy atom. The zero-order chi connectivity index (χ0) is 24.5. The second-order valence-corrected chi connectivity index (χ2v) is 9.58. The van der Waals surface area contributed by atoms with Crippen molar-refractivity contribution < 1.29 is 14.6 Å². The number of carbonyl (C=O) groups is 1. The molecule has 3 heterocycles. The van der Waals surface area contributed by atoms with Gasteiger partial charge in [0.05, 0.1) is 36.9 Å². The number of carbonyl (C=O) groups excluding carboxylic acids is 1. The Morgan fingerprint density at radius 2 is 1.89 bits per heavy atom. The highest BCUT2D eigenvalue weighted by Crippen LogP contribution is 2.29. The van der Waals surface area contributed by atoms with Crippen molar-refractivity contribution in [3.05, 3.63) is 86.3 Å². The predicted octanol–water partition coefficient (Wildman–Crippen LogP) is 3.29. The summed E-state index contributed by atoms with van der Waals surface area (Å²) in [7, 11) is 0. The number of benzene rings is 2. The summed E-state index contributed by atoms with van der Waals surface area (Å²) in [6.07, 6.45) is 0.934. The summed E-state index contributed by atoms with van der Waals surface area (Å²) in [6, 6.07) is 13.2. The van der Waals surface area contributed by atoms with E-state index in [9.17, 15) is 14.7 Å². The van der Waals surface area contributed by atoms with Crippen molar-refractivity contribution in [1.82, 2.24) is 14.6 Å². The molecule has 1 amide bonds. The third kappa shape index (κ3) is 5.04. The van der Waals surface area contributed by atoms with Gasteiger partial charge in [0.25, 0.3) is 0 Å². The van der Waals surface area contributed by atoms with Crippen LogP contribution in [0.5, 0.6) is 0 Å². The minimum atomic E-state index is -0.720. The molecule has 1 fully saturated rings. The minimum Gasteiger partial charge on any atom is -0.387 e. The van der Waals surface area contributed by atoms with E-state index in [-0.39, 0.29) is 17.8 Å². The zero-order valence-electron chi connectivity index (χ0n) is 19.6. The lowest BCUT2D eigenvalue weighted by Gasteiger charge is -2.26. The van der Waals surface area contributed by atoms with Crippen molar-refractivity contribution in [2.24, 2.45) is 0 Å². The van der Waals surface area contributed by atoms with Crippen molar-refractivity contribution in [3.63, 3.8) is 0 Å². The van der Waals surface area contributed by atoms with Gasteiger partial charge in [-0.05, 0) is 48.4 Å². The van der Waals surface area contributed by atoms with E-state index in [2.05, 4.69) is 16.3 Å². The molecule has 35 heavy (non-hydrogen) atoms. The molecular weight excluding hydrogens is 466 g/mol. The van der Waals surface area contributed by atoms with E-state index in [1.165, 1.54) is 0 Å². The Labute approximate surface area is 208 Å². The summed E-state index contributed by atoms with van der Waals surface area (Å²) in [5.41, 5.74) is 3.68. The van der Waals surface area contributed by atoms with Crippen molar-refractivity contribution in [2.75, 3.05) is 26.3 Å². The van der Waals surface area contributed by atoms with Crippen molar-refractivity contribution in [2.45, 2.75) is 32.5 Å². The molecule has 5 rings (SSSR count). The molecule has 0 bridgehead atoms. The standard InChI is InChI=1S/C27H28ClN3O4/c1-17(32)24-12-20-10-19(15-30-6-8-35-9-7-30)11-23-26(20)31(24)16-21(27(23)34)13-25(33)29-14-18-2-4-22(28)5-3-18/h2-5,10-12,16-17,32H,6-9,13-15H2,1H3,(H,29,33)/t17-/m0/s1. The summed E-state index contributed by atoms with van der Waals surface area (Å²) in [5, 5.41) is 15.4. The fourth-order valence-electron chi connectivity index (χ4n) is 4.75. The lowest BCUT2D eigenvalue weighted by Crippen LogP contribution is -2.35. The molecule has 7 nitrogen and oxygen atoms in total. The summed E-state index contributed by atoms with van der Waals surface area (Å²) >= 11 is 5.92. The van der Waals surface area contributed by atoms with Gasteiger partial charge in [0.15, 0.2) is 5.43 Å². The van der Waals surface area contributed by atoms with E-state index >= 15 is 0 Å². The maximum absolute atomic E-state index is 13.5. The molecule has 8 heteroatoms. The molecule has 0 radical (unpaired) electrons. The number of aromatic nitrogens is 1. The van der Waals surface area contributed by atoms with E-state index in [0.717, 1.165) is 41.7 Å². The quantitative estimate of drug-likeness (QED) is 0.413. The molecule has 1 aliphatic rings. The number of hydrogen-bond donors (Lipinski definition) is 2. The number of amides is 1. The predicted molar refractivity (Wildman–Crippen MR) is 136 cm³/mol. The number of aliphatic hydroxyl groups is 1. The first-order valence-electron chi connectivity index (χ1n) is 11.8. The average molecular weight is 494 g/mol. The molecule has 0 unspecified atom stereocenters. The zero-order valence-corrected chi connectivity index (χ0v) is 20.3. The molecule has 1 aliphatic heterocycles. The Morgan fingerprint density at radius 3 is 2.60 bits per heavy atom. The van der Waals surface area contributed by atoms with Crippen LogP contribution in [-0.4, -0.2) is 46.6 Å². The highest BCUT2D eigenvalue weighted by atomic mass is 35.5. The highest BCUT2D eigenvalue weighted by Gasteiger charge is 2.20. The summed E-state index contributed by atoms with van der Waals surface area (Å²) in [6.45, 7) is 5.87. The molecular formula is C27H28ClN3O4. The Kier molecular flexibility index (Phi) is 6.75. The van der Waals surface area contributed by atoms with Gasteiger partial charge in [0.2, 0.25) is 5.91 Å². The number of nitrogens with zero attached hydrogens (tertiary/aromatic N) is 2. The molecule has 2 aromatic heterocycles. The number of aliphatic hydroxyl groups excluding tert-OH is 1. The number of nitrogens with one attached hydrogen (secondary N) is 1. The lowest BCUT2D eigenvalue weighted by atomic mass is 10.0. The SMILES string of the molecule is C[C@H](O)c1cc2cc(CN3CCOCC3)cc3c(=O)c(CC(=O)NCc4ccc(Cl)cc4)cn1c23. The fraction of sp³-hybridized carbons (Fsp3) is 0.333. The van der Waals surface area contributed by atoms with Crippen LogP contribution >= 0.6 is 11.6 Å². The van der Waals surface area contributed by atoms with Gasteiger partial charge in [-0.25, -0.2) is 0 Å². The molecule has 1 atom stereocenters. The highest BCUT2D eigenvalue weighted by molar-refractivity contribution is 6.30. The van der Waals surface area contributed by atoms with Gasteiger partial charge in [-0.3, -0.25) is 14.5 Å². The van der Waals surface area contributed by atoms with Crippen LogP contribution < -0.4 is 10.7 Å². The van der Waals surface area contributed by atoms with Gasteiger partial charge in [-0.15, -0.1) is 0 Å². The van der Waals surface area contributed by atoms with Gasteiger partial charge < -0.3 is 19.6 Å². The van der Waals surface area contributed by atoms with Crippen LogP contribution in [0, 0.1) is 0 Å². The second-order valence-electron chi connectivity index (χ2n) is 9.15. The number of rotatable bonds is 7. The maximum atomic E-state index is 13.5. The van der Waals surface area contributed by atoms with Crippen LogP contribution in [0.4, 0.5) is 0 Å². The first-order valence-corrected chi connectivity index (χ1v) is 12.2. The number of halogens is 1. The van der Waals surface area contributed by atoms with E-state index in [1.54, 1.807) is 25.3 Å². The van der Waals surface area contributed by atoms with Crippen LogP contribution in [0.1, 0.15) is 35.4 Å². The summed E-state index contributed by atoms with van der Waals surface area (Å²) in [4.78, 5) is 28.5. The first-order chi connectivity index (χ1) is 16.9. The van der Waals surface area contributed by atoms with Gasteiger partial charge in [-0.2, -0.15) is 0 Å². The number of ether oxygens (including phenoxy) is 1. The lowest BCUT2D eigenvalue weighted by molar-refractivity contribution is -0.120. The Bertz CT molecular complexity index is 1410. The van der Waals surface area contributed by atoms with Crippen LogP contribution in [0.3, 0.4) is 0 Å². The summed E-state index contributed by atoms with van der Waals surface area (Å²) in [5.74, 6) is -0.241. The molecule has 0 aliphatic carbocycles. The molecule has 4 aromatic rings. The number of pyridine rings is 1. The van der Waals surface area contributed by atoms with E-state index < -0.39 is 6.10 Å². The van der Waals surface area contributed by atoms with Gasteiger partial charge in [-0.1, -0.05) is 23.7 Å². The topological polar surface area (TPSA) is 83.3 Å². The molecule has 0 spiro atoms. The normalized spacial score (nSPS) is 15.6. The smallest absolute Gasteiger partial charge is 0.224 e. The molecule has 0 saturated carbocycles. The molecule has 2 N–H and O–H groups in total. The van der Waals surface area contributed by atoms with E-state index in [1.807, 2.05) is 28.7 Å². The number of hydrogen-bond acceptors (Lipinski definition) is 5.